The van der Waals surface area contributed by atoms with Crippen molar-refractivity contribution in [3.8, 4) is 0 Å². The normalized spacial score (nSPS) is 23.6. The number of rotatable bonds is 4. The lowest BCUT2D eigenvalue weighted by Crippen LogP contribution is -2.45. The van der Waals surface area contributed by atoms with Crippen LogP contribution in [0.1, 0.15) is 24.5 Å². The van der Waals surface area contributed by atoms with E-state index in [1.165, 1.54) is 11.1 Å². The van der Waals surface area contributed by atoms with E-state index in [4.69, 9.17) is 0 Å². The molecule has 2 aliphatic rings. The number of nitrogens with zero attached hydrogens (tertiary/aromatic N) is 1. The number of carbonyl (C=O) groups is 1. The highest BCUT2D eigenvalue weighted by molar-refractivity contribution is 5.79. The zero-order valence-corrected chi connectivity index (χ0v) is 12.8. The van der Waals surface area contributed by atoms with Gasteiger partial charge >= 0.3 is 0 Å². The lowest BCUT2D eigenvalue weighted by Gasteiger charge is -2.34. The monoisotopic (exact) mass is 287 g/mol. The zero-order valence-electron chi connectivity index (χ0n) is 12.8. The first kappa shape index (κ1) is 14.5. The number of hydrogen-bond donors (Lipinski definition) is 2. The molecule has 1 fully saturated rings. The maximum absolute atomic E-state index is 12.1. The number of benzene rings is 1. The molecule has 4 heteroatoms. The molecule has 21 heavy (non-hydrogen) atoms. The maximum Gasteiger partial charge on any atom is 0.224 e. The van der Waals surface area contributed by atoms with Crippen molar-refractivity contribution in [3.63, 3.8) is 0 Å². The fraction of sp³-hybridized carbons (Fsp3) is 0.588. The van der Waals surface area contributed by atoms with Crippen LogP contribution in [-0.2, 0) is 17.8 Å². The van der Waals surface area contributed by atoms with Crippen LogP contribution in [0, 0.1) is 5.92 Å². The van der Waals surface area contributed by atoms with E-state index >= 15 is 0 Å². The Hall–Kier alpha value is -1.39. The molecule has 2 unspecified atom stereocenters. The second-order valence-corrected chi connectivity index (χ2v) is 6.27. The van der Waals surface area contributed by atoms with Crippen molar-refractivity contribution in [2.24, 2.45) is 5.92 Å². The molecule has 0 spiro atoms. The lowest BCUT2D eigenvalue weighted by atomic mass is 9.99. The average Bonchev–Trinajstić information content (AvgIpc) is 3.06. The quantitative estimate of drug-likeness (QED) is 0.873. The van der Waals surface area contributed by atoms with E-state index < -0.39 is 0 Å². The molecule has 1 aromatic carbocycles. The summed E-state index contributed by atoms with van der Waals surface area (Å²) in [6.07, 6.45) is 2.08. The van der Waals surface area contributed by atoms with Crippen molar-refractivity contribution in [2.75, 3.05) is 26.2 Å². The molecule has 1 aromatic rings. The van der Waals surface area contributed by atoms with Crippen LogP contribution >= 0.6 is 0 Å². The first-order chi connectivity index (χ1) is 10.2. The van der Waals surface area contributed by atoms with Gasteiger partial charge in [0.05, 0.1) is 5.92 Å². The molecule has 4 nitrogen and oxygen atoms in total. The average molecular weight is 287 g/mol. The predicted molar refractivity (Wildman–Crippen MR) is 84.0 cm³/mol. The van der Waals surface area contributed by atoms with Crippen molar-refractivity contribution in [3.05, 3.63) is 35.4 Å². The molecule has 0 bridgehead atoms. The van der Waals surface area contributed by atoms with Crippen LogP contribution in [0.4, 0.5) is 0 Å². The molecule has 3 rings (SSSR count). The smallest absolute Gasteiger partial charge is 0.224 e. The molecule has 2 aliphatic heterocycles. The summed E-state index contributed by atoms with van der Waals surface area (Å²) in [6, 6.07) is 9.07. The topological polar surface area (TPSA) is 44.4 Å². The van der Waals surface area contributed by atoms with Gasteiger partial charge in [0.15, 0.2) is 0 Å². The summed E-state index contributed by atoms with van der Waals surface area (Å²) in [4.78, 5) is 14.5. The van der Waals surface area contributed by atoms with Gasteiger partial charge in [-0.3, -0.25) is 9.69 Å². The van der Waals surface area contributed by atoms with Gasteiger partial charge in [0, 0.05) is 32.2 Å². The third-order valence-corrected chi connectivity index (χ3v) is 4.79. The molecule has 0 saturated carbocycles. The summed E-state index contributed by atoms with van der Waals surface area (Å²) < 4.78 is 0. The van der Waals surface area contributed by atoms with Crippen molar-refractivity contribution in [1.29, 1.82) is 0 Å². The van der Waals surface area contributed by atoms with Crippen LogP contribution < -0.4 is 10.6 Å². The Morgan fingerprint density at radius 3 is 3.00 bits per heavy atom. The number of nitrogens with one attached hydrogen (secondary N) is 2. The fourth-order valence-electron chi connectivity index (χ4n) is 3.29. The van der Waals surface area contributed by atoms with Gasteiger partial charge in [-0.25, -0.2) is 0 Å². The molecular formula is C17H25N3O. The second kappa shape index (κ2) is 6.58. The summed E-state index contributed by atoms with van der Waals surface area (Å²) in [6.45, 7) is 6.84. The first-order valence-corrected chi connectivity index (χ1v) is 8.03. The highest BCUT2D eigenvalue weighted by Gasteiger charge is 2.24. The Labute approximate surface area is 126 Å². The third-order valence-electron chi connectivity index (χ3n) is 4.79. The van der Waals surface area contributed by atoms with Gasteiger partial charge in [-0.05, 0) is 37.4 Å². The van der Waals surface area contributed by atoms with Crippen LogP contribution in [0.15, 0.2) is 24.3 Å². The fourth-order valence-corrected chi connectivity index (χ4v) is 3.29. The summed E-state index contributed by atoms with van der Waals surface area (Å²) in [5, 5.41) is 6.37. The predicted octanol–water partition coefficient (Wildman–Crippen LogP) is 1.16. The SMILES string of the molecule is CC(CNC(=O)C1CCNC1)N1CCc2ccccc2C1. The Morgan fingerprint density at radius 2 is 2.24 bits per heavy atom. The van der Waals surface area contributed by atoms with Crippen LogP contribution in [0.2, 0.25) is 0 Å². The molecule has 114 valence electrons. The molecule has 1 amide bonds. The van der Waals surface area contributed by atoms with Crippen LogP contribution in [-0.4, -0.2) is 43.0 Å². The largest absolute Gasteiger partial charge is 0.354 e. The van der Waals surface area contributed by atoms with Crippen molar-refractivity contribution >= 4 is 5.91 Å². The van der Waals surface area contributed by atoms with Gasteiger partial charge in [-0.2, -0.15) is 0 Å². The summed E-state index contributed by atoms with van der Waals surface area (Å²) >= 11 is 0. The highest BCUT2D eigenvalue weighted by Crippen LogP contribution is 2.20. The zero-order chi connectivity index (χ0) is 14.7. The minimum absolute atomic E-state index is 0.166. The minimum Gasteiger partial charge on any atom is -0.354 e. The molecule has 2 heterocycles. The maximum atomic E-state index is 12.1. The number of fused-ring (bicyclic) bond motifs is 1. The van der Waals surface area contributed by atoms with E-state index in [0.717, 1.165) is 45.6 Å². The first-order valence-electron chi connectivity index (χ1n) is 8.03. The molecular weight excluding hydrogens is 262 g/mol. The highest BCUT2D eigenvalue weighted by atomic mass is 16.1. The number of amides is 1. The van der Waals surface area contributed by atoms with Gasteiger partial charge in [0.1, 0.15) is 0 Å². The van der Waals surface area contributed by atoms with Crippen molar-refractivity contribution in [1.82, 2.24) is 15.5 Å². The molecule has 1 saturated heterocycles. The molecule has 0 aromatic heterocycles. The van der Waals surface area contributed by atoms with Crippen molar-refractivity contribution < 1.29 is 4.79 Å². The number of carbonyl (C=O) groups excluding carboxylic acids is 1. The standard InChI is InChI=1S/C17H25N3O/c1-13(10-19-17(21)15-6-8-18-11-15)20-9-7-14-4-2-3-5-16(14)12-20/h2-5,13,15,18H,6-12H2,1H3,(H,19,21). The molecule has 2 N–H and O–H groups in total. The Balaban J connectivity index is 1.50. The lowest BCUT2D eigenvalue weighted by molar-refractivity contribution is -0.124. The molecule has 2 atom stereocenters. The van der Waals surface area contributed by atoms with Gasteiger partial charge in [0.2, 0.25) is 5.91 Å². The van der Waals surface area contributed by atoms with E-state index in [0.29, 0.717) is 6.04 Å². The molecule has 0 aliphatic carbocycles. The van der Waals surface area contributed by atoms with Crippen molar-refractivity contribution in [2.45, 2.75) is 32.4 Å². The van der Waals surface area contributed by atoms with E-state index in [1.807, 2.05) is 0 Å². The van der Waals surface area contributed by atoms with Crippen LogP contribution in [0.25, 0.3) is 0 Å². The Kier molecular flexibility index (Phi) is 4.56. The number of hydrogen-bond acceptors (Lipinski definition) is 3. The van der Waals surface area contributed by atoms with E-state index in [1.54, 1.807) is 0 Å². The van der Waals surface area contributed by atoms with Gasteiger partial charge in [-0.1, -0.05) is 24.3 Å². The Morgan fingerprint density at radius 1 is 1.43 bits per heavy atom. The van der Waals surface area contributed by atoms with Crippen LogP contribution in [0.5, 0.6) is 0 Å². The second-order valence-electron chi connectivity index (χ2n) is 6.27. The third kappa shape index (κ3) is 3.44. The van der Waals surface area contributed by atoms with E-state index in [9.17, 15) is 4.79 Å². The van der Waals surface area contributed by atoms with Gasteiger partial charge in [0.25, 0.3) is 0 Å². The Bertz CT molecular complexity index is 497. The summed E-state index contributed by atoms with van der Waals surface area (Å²) in [7, 11) is 0. The summed E-state index contributed by atoms with van der Waals surface area (Å²) in [5.41, 5.74) is 2.91. The van der Waals surface area contributed by atoms with Gasteiger partial charge < -0.3 is 10.6 Å². The van der Waals surface area contributed by atoms with Crippen LogP contribution in [0.3, 0.4) is 0 Å². The van der Waals surface area contributed by atoms with Gasteiger partial charge in [-0.15, -0.1) is 0 Å². The minimum atomic E-state index is 0.166. The van der Waals surface area contributed by atoms with E-state index in [-0.39, 0.29) is 11.8 Å². The molecule has 0 radical (unpaired) electrons. The summed E-state index contributed by atoms with van der Waals surface area (Å²) in [5.74, 6) is 0.378. The van der Waals surface area contributed by atoms with E-state index in [2.05, 4.69) is 46.7 Å².